The molecule has 1 aliphatic heterocycles. The van der Waals surface area contributed by atoms with Gasteiger partial charge >= 0.3 is 5.97 Å². The third kappa shape index (κ3) is 5.43. The molecule has 0 radical (unpaired) electrons. The van der Waals surface area contributed by atoms with Gasteiger partial charge in [-0.1, -0.05) is 30.3 Å². The number of carboxylic acid groups (broad SMARTS) is 1. The number of nitrogens with two attached hydrogens (primary N) is 1. The highest BCUT2D eigenvalue weighted by molar-refractivity contribution is 7.99. The normalized spacial score (nSPS) is 23.3. The van der Waals surface area contributed by atoms with Gasteiger partial charge in [0.1, 0.15) is 18.2 Å². The second-order valence-electron chi connectivity index (χ2n) is 7.86. The van der Waals surface area contributed by atoms with E-state index in [1.807, 2.05) is 30.3 Å². The van der Waals surface area contributed by atoms with E-state index < -0.39 is 36.6 Å². The lowest BCUT2D eigenvalue weighted by molar-refractivity contribution is -0.138. The number of hydrogen-bond acceptors (Lipinski definition) is 10. The smallest absolute Gasteiger partial charge is 0.320 e. The quantitative estimate of drug-likeness (QED) is 0.197. The van der Waals surface area contributed by atoms with Crippen LogP contribution < -0.4 is 11.1 Å². The third-order valence-corrected chi connectivity index (χ3v) is 6.74. The van der Waals surface area contributed by atoms with E-state index in [0.29, 0.717) is 35.0 Å². The predicted octanol–water partition coefficient (Wildman–Crippen LogP) is 1.25. The summed E-state index contributed by atoms with van der Waals surface area (Å²) in [6.45, 7) is 0.502. The zero-order valence-electron chi connectivity index (χ0n) is 18.0. The van der Waals surface area contributed by atoms with E-state index in [1.165, 1.54) is 22.7 Å². The van der Waals surface area contributed by atoms with Gasteiger partial charge in [0, 0.05) is 12.3 Å². The number of aliphatic hydroxyl groups is 2. The maximum atomic E-state index is 10.8. The number of fused-ring (bicyclic) bond motifs is 1. The van der Waals surface area contributed by atoms with Crippen LogP contribution in [0.15, 0.2) is 36.7 Å². The summed E-state index contributed by atoms with van der Waals surface area (Å²) in [4.78, 5) is 23.7. The first-order chi connectivity index (χ1) is 16.3. The minimum atomic E-state index is -1.22. The van der Waals surface area contributed by atoms with Gasteiger partial charge in [-0.2, -0.15) is 21.7 Å². The zero-order chi connectivity index (χ0) is 24.2. The molecule has 34 heavy (non-hydrogen) atoms. The minimum absolute atomic E-state index is 0.000258. The van der Waals surface area contributed by atoms with E-state index in [2.05, 4.69) is 20.3 Å². The molecule has 4 rings (SSSR count). The summed E-state index contributed by atoms with van der Waals surface area (Å²) in [6.07, 6.45) is -2.22. The molecule has 0 amide bonds. The highest BCUT2D eigenvalue weighted by Crippen LogP contribution is 2.34. The molecule has 5 atom stereocenters. The Morgan fingerprint density at radius 2 is 2.03 bits per heavy atom. The van der Waals surface area contributed by atoms with Crippen molar-refractivity contribution >= 4 is 46.3 Å². The van der Waals surface area contributed by atoms with E-state index in [4.69, 9.17) is 27.2 Å². The Labute approximate surface area is 204 Å². The summed E-state index contributed by atoms with van der Waals surface area (Å²) in [6, 6.07) is 8.82. The number of nitrogens with zero attached hydrogens (tertiary/aromatic N) is 4. The number of imidazole rings is 1. The Hall–Kier alpha value is -2.48. The van der Waals surface area contributed by atoms with E-state index in [1.54, 1.807) is 0 Å². The van der Waals surface area contributed by atoms with E-state index in [0.717, 1.165) is 5.56 Å². The Morgan fingerprint density at radius 3 is 2.76 bits per heavy atom. The van der Waals surface area contributed by atoms with Crippen LogP contribution in [0.1, 0.15) is 18.2 Å². The van der Waals surface area contributed by atoms with Crippen molar-refractivity contribution in [3.8, 4) is 0 Å². The highest BCUT2D eigenvalue weighted by Gasteiger charge is 2.44. The van der Waals surface area contributed by atoms with Crippen LogP contribution in [-0.4, -0.2) is 76.7 Å². The maximum Gasteiger partial charge on any atom is 0.320 e. The molecule has 1 aromatic carbocycles. The molecule has 1 fully saturated rings. The lowest BCUT2D eigenvalue weighted by Gasteiger charge is -2.17. The number of rotatable bonds is 10. The number of carboxylic acids is 1. The number of ether oxygens (including phenoxy) is 1. The molecule has 182 valence electrons. The second-order valence-corrected chi connectivity index (χ2v) is 9.35. The Bertz CT molecular complexity index is 1140. The van der Waals surface area contributed by atoms with Gasteiger partial charge in [-0.25, -0.2) is 4.98 Å². The SMILES string of the molecule is NC(CCSC[C@H]1O[C@@H](n2cnc3c(NCc4ccccc4)nc(Cl)nc32)[C@H](O)[C@H]1O)C(=O)O. The van der Waals surface area contributed by atoms with Gasteiger partial charge in [0.2, 0.25) is 5.28 Å². The van der Waals surface area contributed by atoms with Crippen LogP contribution in [-0.2, 0) is 16.1 Å². The number of carbonyl (C=O) groups is 1. The van der Waals surface area contributed by atoms with Gasteiger partial charge in [-0.3, -0.25) is 9.36 Å². The number of aromatic nitrogens is 4. The molecule has 0 bridgehead atoms. The molecule has 11 nitrogen and oxygen atoms in total. The molecule has 3 heterocycles. The number of anilines is 1. The van der Waals surface area contributed by atoms with Gasteiger partial charge < -0.3 is 31.1 Å². The first kappa shape index (κ1) is 24.6. The first-order valence-corrected chi connectivity index (χ1v) is 12.1. The second kappa shape index (κ2) is 10.8. The number of benzene rings is 1. The Kier molecular flexibility index (Phi) is 7.86. The number of hydrogen-bond donors (Lipinski definition) is 5. The number of halogens is 1. The van der Waals surface area contributed by atoms with E-state index in [-0.39, 0.29) is 11.7 Å². The van der Waals surface area contributed by atoms with Crippen LogP contribution in [0.2, 0.25) is 5.28 Å². The van der Waals surface area contributed by atoms with Gasteiger partial charge in [-0.05, 0) is 29.3 Å². The molecule has 0 spiro atoms. The molecule has 1 aliphatic rings. The third-order valence-electron chi connectivity index (χ3n) is 5.48. The monoisotopic (exact) mass is 508 g/mol. The summed E-state index contributed by atoms with van der Waals surface area (Å²) < 4.78 is 7.46. The highest BCUT2D eigenvalue weighted by atomic mass is 35.5. The van der Waals surface area contributed by atoms with Crippen molar-refractivity contribution < 1.29 is 24.9 Å². The van der Waals surface area contributed by atoms with E-state index >= 15 is 0 Å². The van der Waals surface area contributed by atoms with Crippen molar-refractivity contribution in [1.29, 1.82) is 0 Å². The lowest BCUT2D eigenvalue weighted by atomic mass is 10.1. The van der Waals surface area contributed by atoms with Gasteiger partial charge in [0.05, 0.1) is 12.4 Å². The fraction of sp³-hybridized carbons (Fsp3) is 0.429. The van der Waals surface area contributed by atoms with Crippen LogP contribution in [0, 0.1) is 0 Å². The molecule has 0 aliphatic carbocycles. The van der Waals surface area contributed by atoms with Crippen LogP contribution in [0.5, 0.6) is 0 Å². The lowest BCUT2D eigenvalue weighted by Crippen LogP contribution is -2.33. The van der Waals surface area contributed by atoms with Crippen molar-refractivity contribution in [3.05, 3.63) is 47.5 Å². The van der Waals surface area contributed by atoms with Gasteiger partial charge in [0.25, 0.3) is 0 Å². The van der Waals surface area contributed by atoms with Crippen molar-refractivity contribution in [2.45, 2.75) is 43.5 Å². The van der Waals surface area contributed by atoms with Crippen molar-refractivity contribution in [2.24, 2.45) is 5.73 Å². The molecule has 2 aromatic heterocycles. The fourth-order valence-electron chi connectivity index (χ4n) is 3.61. The Morgan fingerprint density at radius 1 is 1.26 bits per heavy atom. The molecular formula is C21H25ClN6O5S. The van der Waals surface area contributed by atoms with Crippen LogP contribution in [0.4, 0.5) is 5.82 Å². The first-order valence-electron chi connectivity index (χ1n) is 10.6. The predicted molar refractivity (Wildman–Crippen MR) is 128 cm³/mol. The largest absolute Gasteiger partial charge is 0.480 e. The summed E-state index contributed by atoms with van der Waals surface area (Å²) in [5, 5.41) is 33.2. The molecular weight excluding hydrogens is 484 g/mol. The molecule has 3 aromatic rings. The zero-order valence-corrected chi connectivity index (χ0v) is 19.6. The fourth-order valence-corrected chi connectivity index (χ4v) is 4.87. The minimum Gasteiger partial charge on any atom is -0.480 e. The van der Waals surface area contributed by atoms with Crippen molar-refractivity contribution in [1.82, 2.24) is 19.5 Å². The van der Waals surface area contributed by atoms with Crippen molar-refractivity contribution in [2.75, 3.05) is 16.8 Å². The van der Waals surface area contributed by atoms with Crippen LogP contribution in [0.3, 0.4) is 0 Å². The molecule has 1 saturated heterocycles. The summed E-state index contributed by atoms with van der Waals surface area (Å²) >= 11 is 7.55. The Balaban J connectivity index is 1.46. The van der Waals surface area contributed by atoms with Gasteiger partial charge in [-0.15, -0.1) is 0 Å². The summed E-state index contributed by atoms with van der Waals surface area (Å²) in [5.41, 5.74) is 7.36. The number of aliphatic carboxylic acids is 1. The summed E-state index contributed by atoms with van der Waals surface area (Å²) in [5.74, 6) is 0.215. The number of aliphatic hydroxyl groups excluding tert-OH is 2. The number of nitrogens with one attached hydrogen (secondary N) is 1. The molecule has 0 saturated carbocycles. The van der Waals surface area contributed by atoms with Crippen molar-refractivity contribution in [3.63, 3.8) is 0 Å². The standard InChI is InChI=1S/C21H25ClN6O5S/c22-21-26-17(24-8-11-4-2-1-3-5-11)14-18(27-21)28(10-25-14)19-16(30)15(29)13(33-19)9-34-7-6-12(23)20(31)32/h1-5,10,12-13,15-16,19,29-30H,6-9,23H2,(H,31,32)(H,24,26,27)/t12?,13-,15+,16-,19-/m1/s1. The average molecular weight is 509 g/mol. The van der Waals surface area contributed by atoms with E-state index in [9.17, 15) is 15.0 Å². The summed E-state index contributed by atoms with van der Waals surface area (Å²) in [7, 11) is 0. The van der Waals surface area contributed by atoms with Gasteiger partial charge in [0.15, 0.2) is 23.2 Å². The molecule has 6 N–H and O–H groups in total. The topological polar surface area (TPSA) is 169 Å². The number of thioether (sulfide) groups is 1. The molecule has 1 unspecified atom stereocenters. The maximum absolute atomic E-state index is 10.8. The van der Waals surface area contributed by atoms with Crippen LogP contribution in [0.25, 0.3) is 11.2 Å². The average Bonchev–Trinajstić information content (AvgIpc) is 3.36. The van der Waals surface area contributed by atoms with Crippen LogP contribution >= 0.6 is 23.4 Å². The molecule has 13 heteroatoms.